The molecule has 1 aromatic carbocycles. The Morgan fingerprint density at radius 1 is 1.10 bits per heavy atom. The highest BCUT2D eigenvalue weighted by Gasteiger charge is 2.45. The van der Waals surface area contributed by atoms with Gasteiger partial charge in [-0.25, -0.2) is 0 Å². The van der Waals surface area contributed by atoms with Crippen molar-refractivity contribution in [1.29, 1.82) is 0 Å². The zero-order valence-corrected chi connectivity index (χ0v) is 13.6. The lowest BCUT2D eigenvalue weighted by Gasteiger charge is -2.29. The number of hydrogen-bond donors (Lipinski definition) is 1. The van der Waals surface area contributed by atoms with Gasteiger partial charge in [0.2, 0.25) is 0 Å². The number of hydrogen-bond acceptors (Lipinski definition) is 3. The second kappa shape index (κ2) is 6.46. The highest BCUT2D eigenvalue weighted by atomic mass is 32.2. The van der Waals surface area contributed by atoms with Crippen molar-refractivity contribution in [3.8, 4) is 0 Å². The van der Waals surface area contributed by atoms with Gasteiger partial charge in [0.25, 0.3) is 0 Å². The Morgan fingerprint density at radius 3 is 1.90 bits per heavy atom. The van der Waals surface area contributed by atoms with Crippen LogP contribution in [0.4, 0.5) is 18.9 Å². The highest BCUT2D eigenvalue weighted by Crippen LogP contribution is 2.35. The molecule has 120 valence electrons. The molecule has 0 saturated carbocycles. The molecule has 0 bridgehead atoms. The van der Waals surface area contributed by atoms with Crippen molar-refractivity contribution in [1.82, 2.24) is 4.72 Å². The molecule has 0 saturated heterocycles. The van der Waals surface area contributed by atoms with Gasteiger partial charge in [-0.15, -0.1) is 4.72 Å². The maximum atomic E-state index is 13.2. The molecule has 0 heterocycles. The molecule has 0 fully saturated rings. The summed E-state index contributed by atoms with van der Waals surface area (Å²) in [6.45, 7) is 4.87. The Morgan fingerprint density at radius 2 is 1.57 bits per heavy atom. The smallest absolute Gasteiger partial charge is 0.412 e. The fraction of sp³-hybridized carbons (Fsp3) is 0.571. The third-order valence-electron chi connectivity index (χ3n) is 2.85. The van der Waals surface area contributed by atoms with E-state index in [1.807, 2.05) is 14.1 Å². The molecule has 2 atom stereocenters. The van der Waals surface area contributed by atoms with E-state index in [-0.39, 0.29) is 5.56 Å². The van der Waals surface area contributed by atoms with Crippen LogP contribution in [-0.2, 0) is 11.4 Å². The summed E-state index contributed by atoms with van der Waals surface area (Å²) in [5.74, 6) is 0. The molecular weight excluding hydrogens is 301 g/mol. The molecular formula is C14H21F3N2OS. The first-order valence-corrected chi connectivity index (χ1v) is 7.60. The van der Waals surface area contributed by atoms with Crippen LogP contribution in [0.1, 0.15) is 32.4 Å². The molecule has 0 radical (unpaired) electrons. The fourth-order valence-electron chi connectivity index (χ4n) is 1.57. The van der Waals surface area contributed by atoms with E-state index >= 15 is 0 Å². The molecule has 1 N–H and O–H groups in total. The van der Waals surface area contributed by atoms with Crippen LogP contribution >= 0.6 is 0 Å². The summed E-state index contributed by atoms with van der Waals surface area (Å²) in [5, 5.41) is 0. The van der Waals surface area contributed by atoms with Gasteiger partial charge >= 0.3 is 6.18 Å². The quantitative estimate of drug-likeness (QED) is 0.863. The summed E-state index contributed by atoms with van der Waals surface area (Å²) < 4.78 is 53.0. The lowest BCUT2D eigenvalue weighted by Crippen LogP contribution is -2.45. The lowest BCUT2D eigenvalue weighted by molar-refractivity contribution is -0.153. The third kappa shape index (κ3) is 5.09. The van der Waals surface area contributed by atoms with Crippen LogP contribution in [-0.4, -0.2) is 29.6 Å². The van der Waals surface area contributed by atoms with Crippen LogP contribution in [0.5, 0.6) is 0 Å². The zero-order chi connectivity index (χ0) is 16.4. The topological polar surface area (TPSA) is 38.3 Å². The van der Waals surface area contributed by atoms with Crippen molar-refractivity contribution >= 4 is 17.0 Å². The minimum Gasteiger partial charge on any atom is -0.598 e. The number of rotatable bonds is 4. The number of nitrogens with zero attached hydrogens (tertiary/aromatic N) is 1. The molecule has 3 nitrogen and oxygen atoms in total. The van der Waals surface area contributed by atoms with Crippen LogP contribution in [0.2, 0.25) is 0 Å². The first kappa shape index (κ1) is 18.1. The first-order valence-electron chi connectivity index (χ1n) is 6.45. The summed E-state index contributed by atoms with van der Waals surface area (Å²) in [4.78, 5) is 1.80. The minimum atomic E-state index is -4.51. The van der Waals surface area contributed by atoms with Gasteiger partial charge in [0, 0.05) is 31.1 Å². The molecule has 0 spiro atoms. The van der Waals surface area contributed by atoms with E-state index in [0.717, 1.165) is 5.69 Å². The van der Waals surface area contributed by atoms with E-state index in [4.69, 9.17) is 0 Å². The van der Waals surface area contributed by atoms with E-state index < -0.39 is 28.3 Å². The Balaban J connectivity index is 3.04. The zero-order valence-electron chi connectivity index (χ0n) is 12.8. The van der Waals surface area contributed by atoms with Crippen molar-refractivity contribution in [3.63, 3.8) is 0 Å². The Kier molecular flexibility index (Phi) is 5.57. The SMILES string of the molecule is CN(C)c1ccc([C@@H](N[S+]([O-])C(C)(C)C)C(F)(F)F)cc1. The highest BCUT2D eigenvalue weighted by molar-refractivity contribution is 7.90. The van der Waals surface area contributed by atoms with Gasteiger partial charge in [-0.3, -0.25) is 0 Å². The van der Waals surface area contributed by atoms with Gasteiger partial charge < -0.3 is 9.45 Å². The van der Waals surface area contributed by atoms with E-state index in [0.29, 0.717) is 0 Å². The van der Waals surface area contributed by atoms with E-state index in [1.54, 1.807) is 37.8 Å². The van der Waals surface area contributed by atoms with Crippen LogP contribution in [0.3, 0.4) is 0 Å². The predicted molar refractivity (Wildman–Crippen MR) is 80.6 cm³/mol. The van der Waals surface area contributed by atoms with Crippen molar-refractivity contribution in [3.05, 3.63) is 29.8 Å². The maximum absolute atomic E-state index is 13.2. The fourth-order valence-corrected chi connectivity index (χ4v) is 2.41. The minimum absolute atomic E-state index is 0.0469. The van der Waals surface area contributed by atoms with Crippen molar-refractivity contribution in [2.24, 2.45) is 0 Å². The molecule has 0 aliphatic rings. The predicted octanol–water partition coefficient (Wildman–Crippen LogP) is 3.41. The average Bonchev–Trinajstić information content (AvgIpc) is 2.33. The van der Waals surface area contributed by atoms with Crippen molar-refractivity contribution < 1.29 is 17.7 Å². The van der Waals surface area contributed by atoms with E-state index in [9.17, 15) is 17.7 Å². The standard InChI is InChI=1S/C14H21F3N2OS/c1-13(2,3)21(20)18-12(14(15,16)17)10-6-8-11(9-7-10)19(4)5/h6-9,12,18H,1-5H3/t12-,21?/m1/s1. The Bertz CT molecular complexity index is 455. The second-order valence-corrected chi connectivity index (χ2v) is 7.96. The molecule has 1 unspecified atom stereocenters. The monoisotopic (exact) mass is 322 g/mol. The molecule has 0 aliphatic carbocycles. The van der Waals surface area contributed by atoms with Crippen molar-refractivity contribution in [2.75, 3.05) is 19.0 Å². The second-order valence-electron chi connectivity index (χ2n) is 5.96. The summed E-state index contributed by atoms with van der Waals surface area (Å²) in [6, 6.07) is 4.07. The molecule has 0 amide bonds. The lowest BCUT2D eigenvalue weighted by atomic mass is 10.1. The third-order valence-corrected chi connectivity index (χ3v) is 4.41. The summed E-state index contributed by atoms with van der Waals surface area (Å²) in [6.07, 6.45) is -4.51. The van der Waals surface area contributed by atoms with E-state index in [2.05, 4.69) is 4.72 Å². The van der Waals surface area contributed by atoms with Gasteiger partial charge in [0.05, 0.1) is 0 Å². The molecule has 0 aromatic heterocycles. The number of halogens is 3. The first-order chi connectivity index (χ1) is 9.43. The summed E-state index contributed by atoms with van der Waals surface area (Å²) >= 11 is -1.81. The maximum Gasteiger partial charge on any atom is 0.412 e. The molecule has 21 heavy (non-hydrogen) atoms. The van der Waals surface area contributed by atoms with Gasteiger partial charge in [-0.2, -0.15) is 13.2 Å². The molecule has 1 rings (SSSR count). The normalized spacial score (nSPS) is 15.7. The Labute approximate surface area is 126 Å². The number of benzene rings is 1. The van der Waals surface area contributed by atoms with Gasteiger partial charge in [-0.05, 0) is 38.5 Å². The van der Waals surface area contributed by atoms with Gasteiger partial charge in [0.1, 0.15) is 4.75 Å². The van der Waals surface area contributed by atoms with Crippen LogP contribution in [0.15, 0.2) is 24.3 Å². The molecule has 1 aromatic rings. The van der Waals surface area contributed by atoms with Crippen LogP contribution in [0, 0.1) is 0 Å². The summed E-state index contributed by atoms with van der Waals surface area (Å²) in [5.41, 5.74) is 0.849. The van der Waals surface area contributed by atoms with Gasteiger partial charge in [-0.1, -0.05) is 12.1 Å². The van der Waals surface area contributed by atoms with Crippen LogP contribution < -0.4 is 9.62 Å². The molecule has 0 aliphatic heterocycles. The van der Waals surface area contributed by atoms with E-state index in [1.165, 1.54) is 12.1 Å². The van der Waals surface area contributed by atoms with Gasteiger partial charge in [0.15, 0.2) is 6.04 Å². The Hall–Kier alpha value is -0.920. The van der Waals surface area contributed by atoms with Crippen LogP contribution in [0.25, 0.3) is 0 Å². The summed E-state index contributed by atoms with van der Waals surface area (Å²) in [7, 11) is 3.62. The number of nitrogens with one attached hydrogen (secondary N) is 1. The average molecular weight is 322 g/mol. The largest absolute Gasteiger partial charge is 0.598 e. The molecule has 7 heteroatoms. The van der Waals surface area contributed by atoms with Crippen molar-refractivity contribution in [2.45, 2.75) is 37.7 Å². The number of alkyl halides is 3. The number of anilines is 1.